The van der Waals surface area contributed by atoms with E-state index in [1.807, 2.05) is 36.4 Å². The van der Waals surface area contributed by atoms with Crippen LogP contribution in [0.4, 0.5) is 0 Å². The largest absolute Gasteiger partial charge is 0.488 e. The van der Waals surface area contributed by atoms with E-state index >= 15 is 0 Å². The number of hydrogen-bond donors (Lipinski definition) is 2. The van der Waals surface area contributed by atoms with Gasteiger partial charge in [0.2, 0.25) is 0 Å². The lowest BCUT2D eigenvalue weighted by Gasteiger charge is -2.20. The molecule has 2 unspecified atom stereocenters. The predicted octanol–water partition coefficient (Wildman–Crippen LogP) is 14.4. The molecule has 6 aromatic carbocycles. The van der Waals surface area contributed by atoms with E-state index < -0.39 is 0 Å². The summed E-state index contributed by atoms with van der Waals surface area (Å²) >= 11 is 13.3. The molecule has 4 atom stereocenters. The normalized spacial score (nSPS) is 17.2. The van der Waals surface area contributed by atoms with Crippen molar-refractivity contribution in [3.63, 3.8) is 0 Å². The van der Waals surface area contributed by atoms with Gasteiger partial charge >= 0.3 is 0 Å². The summed E-state index contributed by atoms with van der Waals surface area (Å²) in [5, 5.41) is 22.7. The van der Waals surface area contributed by atoms with Gasteiger partial charge in [-0.15, -0.1) is 0 Å². The number of carbonyl (C=O) groups excluding carboxylic acids is 3. The molecule has 0 saturated heterocycles. The van der Waals surface area contributed by atoms with Crippen LogP contribution >= 0.6 is 23.2 Å². The molecular weight excluding hydrogens is 1110 g/mol. The molecule has 0 amide bonds. The van der Waals surface area contributed by atoms with Crippen molar-refractivity contribution in [2.24, 2.45) is 17.6 Å². The van der Waals surface area contributed by atoms with Crippen LogP contribution in [0.2, 0.25) is 10.0 Å². The Labute approximate surface area is 505 Å². The van der Waals surface area contributed by atoms with Gasteiger partial charge in [0.15, 0.2) is 6.29 Å². The number of nitrogens with two attached hydrogens (primary N) is 1. The fourth-order valence-electron chi connectivity index (χ4n) is 11.5. The first-order valence-electron chi connectivity index (χ1n) is 28.7. The Bertz CT molecular complexity index is 3770. The number of aromatic nitrogens is 2. The van der Waals surface area contributed by atoms with Gasteiger partial charge in [-0.2, -0.15) is 10.5 Å². The number of nitrogens with one attached hydrogen (secondary N) is 1. The van der Waals surface area contributed by atoms with Crippen molar-refractivity contribution in [3.8, 4) is 57.4 Å². The smallest absolute Gasteiger partial charge is 0.153 e. The highest BCUT2D eigenvalue weighted by Gasteiger charge is 2.30. The van der Waals surface area contributed by atoms with E-state index in [1.54, 1.807) is 36.7 Å². The number of benzene rings is 6. The molecule has 15 heteroatoms. The predicted molar refractivity (Wildman–Crippen MR) is 327 cm³/mol. The van der Waals surface area contributed by atoms with Crippen LogP contribution in [0.15, 0.2) is 158 Å². The van der Waals surface area contributed by atoms with E-state index in [2.05, 4.69) is 100 Å². The van der Waals surface area contributed by atoms with Crippen molar-refractivity contribution >= 4 is 41.1 Å². The number of halogens is 2. The van der Waals surface area contributed by atoms with E-state index in [0.717, 1.165) is 80.2 Å². The van der Waals surface area contributed by atoms with Crippen molar-refractivity contribution in [1.29, 1.82) is 10.5 Å². The van der Waals surface area contributed by atoms with E-state index in [-0.39, 0.29) is 25.4 Å². The monoisotopic (exact) mass is 1170 g/mol. The van der Waals surface area contributed by atoms with Gasteiger partial charge in [-0.05, 0) is 132 Å². The van der Waals surface area contributed by atoms with Gasteiger partial charge in [0.1, 0.15) is 72.1 Å². The quantitative estimate of drug-likeness (QED) is 0.0770. The summed E-state index contributed by atoms with van der Waals surface area (Å²) in [7, 11) is 0. The molecule has 0 aliphatic heterocycles. The first-order chi connectivity index (χ1) is 41.6. The van der Waals surface area contributed by atoms with Gasteiger partial charge in [-0.1, -0.05) is 120 Å². The van der Waals surface area contributed by atoms with E-state index in [9.17, 15) is 19.6 Å². The third-order valence-electron chi connectivity index (χ3n) is 15.9. The molecule has 2 heterocycles. The van der Waals surface area contributed by atoms with Crippen LogP contribution in [0, 0.1) is 34.5 Å². The lowest BCUT2D eigenvalue weighted by molar-refractivity contribution is -0.118. The molecule has 2 fully saturated rings. The number of Topliss-reactive ketones (excluding diaryl/α,β-unsaturated/α-hetero) is 2. The number of rotatable bonds is 18. The van der Waals surface area contributed by atoms with Crippen LogP contribution in [0.25, 0.3) is 22.3 Å². The third kappa shape index (κ3) is 15.2. The number of nitrogens with zero attached hydrogens (tertiary/aromatic N) is 4. The second-order valence-electron chi connectivity index (χ2n) is 21.7. The van der Waals surface area contributed by atoms with E-state index in [0.29, 0.717) is 105 Å². The second-order valence-corrected chi connectivity index (χ2v) is 22.5. The number of pyridine rings is 2. The standard InChI is InChI=1S/C35H32ClN3O3.C29H21ClN2O3.C6H11NO/c36-32-15-27(21-39-18-23-9-10-28(40)14-23)34(41-22-25-13-24(17-37)19-38-20-25)16-35(32)42-33-12-11-30-29(7-4-8-31(30)33)26-5-2-1-3-6-26;30-26-12-22(17-33)28(34-18-20-11-19(14-31)15-32-16-20)13-29(26)35-27-10-9-24-23(7-4-8-25(24)27)21-5-2-1-3-6-21;7-4-5-1-2-6(8)3-5/h1-8,13,15-16,19-20,23,33,39H,9-12,14,18,21-22H2;1-8,11-13,15-17,27H,9-10,18H2;5H,1-4,7H2/t23?,33-;27-;/m00./s1. The first kappa shape index (κ1) is 59.5. The zero-order valence-corrected chi connectivity index (χ0v) is 48.5. The number of fused-ring (bicyclic) bond motifs is 2. The van der Waals surface area contributed by atoms with Crippen molar-refractivity contribution in [1.82, 2.24) is 15.3 Å². The average Bonchev–Trinajstić information content (AvgIpc) is 4.58. The Hall–Kier alpha value is -8.69. The number of aldehydes is 1. The second kappa shape index (κ2) is 28.7. The average molecular weight is 1170 g/mol. The molecule has 4 aliphatic carbocycles. The van der Waals surface area contributed by atoms with Gasteiger partial charge in [0.25, 0.3) is 0 Å². The number of ether oxygens (including phenoxy) is 4. The maximum absolute atomic E-state index is 11.7. The van der Waals surface area contributed by atoms with Crippen molar-refractivity contribution < 1.29 is 33.3 Å². The molecule has 430 valence electrons. The molecule has 2 aromatic heterocycles. The van der Waals surface area contributed by atoms with Crippen molar-refractivity contribution in [2.45, 2.75) is 96.2 Å². The summed E-state index contributed by atoms with van der Waals surface area (Å²) in [4.78, 5) is 42.1. The van der Waals surface area contributed by atoms with Gasteiger partial charge < -0.3 is 30.0 Å². The molecule has 12 rings (SSSR count). The topological polar surface area (TPSA) is 200 Å². The molecular formula is C70H64Cl2N6O7. The summed E-state index contributed by atoms with van der Waals surface area (Å²) in [6.45, 7) is 2.39. The molecule has 4 aliphatic rings. The van der Waals surface area contributed by atoms with E-state index in [4.69, 9.17) is 53.1 Å². The Morgan fingerprint density at radius 3 is 1.56 bits per heavy atom. The Kier molecular flexibility index (Phi) is 20.1. The molecule has 0 spiro atoms. The zero-order chi connectivity index (χ0) is 59.1. The lowest BCUT2D eigenvalue weighted by atomic mass is 9.97. The summed E-state index contributed by atoms with van der Waals surface area (Å²) in [5.74, 6) is 3.64. The van der Waals surface area contributed by atoms with Crippen molar-refractivity contribution in [3.05, 3.63) is 224 Å². The fourth-order valence-corrected chi connectivity index (χ4v) is 12.0. The minimum absolute atomic E-state index is 0.116. The molecule has 13 nitrogen and oxygen atoms in total. The Balaban J connectivity index is 0.000000169. The molecule has 3 N–H and O–H groups in total. The SMILES string of the molecule is N#Cc1cncc(COc2cc(O[C@H]3CCc4c(-c5ccccc5)cccc43)c(Cl)cc2C=O)c1.N#Cc1cncc(COc2cc(O[C@H]3CCc4c(-c5ccccc5)cccc43)c(Cl)cc2CNCC2CCC(=O)C2)c1.NCC1CCC(=O)C1. The first-order valence-corrected chi connectivity index (χ1v) is 29.5. The van der Waals surface area contributed by atoms with E-state index in [1.165, 1.54) is 51.3 Å². The number of ketones is 2. The Morgan fingerprint density at radius 2 is 1.08 bits per heavy atom. The van der Waals surface area contributed by atoms with Crippen molar-refractivity contribution in [2.75, 3.05) is 13.1 Å². The molecule has 85 heavy (non-hydrogen) atoms. The highest BCUT2D eigenvalue weighted by Crippen LogP contribution is 2.45. The van der Waals surface area contributed by atoms with Gasteiger partial charge in [0.05, 0.1) is 26.7 Å². The number of nitriles is 2. The highest BCUT2D eigenvalue weighted by atomic mass is 35.5. The van der Waals surface area contributed by atoms with Crippen LogP contribution in [0.1, 0.15) is 124 Å². The third-order valence-corrected chi connectivity index (χ3v) is 16.5. The molecule has 2 saturated carbocycles. The zero-order valence-electron chi connectivity index (χ0n) is 47.0. The highest BCUT2D eigenvalue weighted by molar-refractivity contribution is 6.32. The summed E-state index contributed by atoms with van der Waals surface area (Å²) in [6, 6.07) is 48.1. The number of hydrogen-bond acceptors (Lipinski definition) is 13. The molecule has 0 radical (unpaired) electrons. The maximum Gasteiger partial charge on any atom is 0.153 e. The lowest BCUT2D eigenvalue weighted by Crippen LogP contribution is -2.21. The molecule has 8 aromatic rings. The van der Waals surface area contributed by atoms with Crippen LogP contribution in [0.3, 0.4) is 0 Å². The van der Waals surface area contributed by atoms with Gasteiger partial charge in [-0.25, -0.2) is 0 Å². The summed E-state index contributed by atoms with van der Waals surface area (Å²) < 4.78 is 25.1. The summed E-state index contributed by atoms with van der Waals surface area (Å²) in [5.41, 5.74) is 18.8. The minimum Gasteiger partial charge on any atom is -0.488 e. The van der Waals surface area contributed by atoms with Crippen LogP contribution in [0.5, 0.6) is 23.0 Å². The van der Waals surface area contributed by atoms with Crippen LogP contribution in [-0.4, -0.2) is 40.9 Å². The molecule has 0 bridgehead atoms. The number of carbonyl (C=O) groups is 3. The minimum atomic E-state index is -0.155. The van der Waals surface area contributed by atoms with Crippen LogP contribution in [-0.2, 0) is 42.2 Å². The van der Waals surface area contributed by atoms with Crippen LogP contribution < -0.4 is 30.0 Å². The van der Waals surface area contributed by atoms with Gasteiger partial charge in [-0.3, -0.25) is 24.4 Å². The maximum atomic E-state index is 11.7. The fraction of sp³-hybridized carbons (Fsp3) is 0.271. The summed E-state index contributed by atoms with van der Waals surface area (Å²) in [6.07, 6.45) is 15.0. The van der Waals surface area contributed by atoms with Gasteiger partial charge in [0, 0.05) is 85.8 Å². The Morgan fingerprint density at radius 1 is 0.576 bits per heavy atom.